The number of hydrogen-bond acceptors (Lipinski definition) is 5. The SMILES string of the molecule is Cc1cccc(-c2nnc3n2CN(CCCC(=O)O)CS3)c1. The van der Waals surface area contributed by atoms with Gasteiger partial charge in [0.1, 0.15) is 0 Å². The second-order valence-electron chi connectivity index (χ2n) is 5.41. The largest absolute Gasteiger partial charge is 0.481 e. The predicted molar refractivity (Wildman–Crippen MR) is 84.5 cm³/mol. The van der Waals surface area contributed by atoms with Gasteiger partial charge >= 0.3 is 5.97 Å². The first-order valence-electron chi connectivity index (χ1n) is 7.20. The highest BCUT2D eigenvalue weighted by atomic mass is 32.2. The van der Waals surface area contributed by atoms with E-state index in [0.717, 1.165) is 29.0 Å². The van der Waals surface area contributed by atoms with E-state index in [1.807, 2.05) is 12.1 Å². The van der Waals surface area contributed by atoms with Crippen LogP contribution in [0.1, 0.15) is 18.4 Å². The lowest BCUT2D eigenvalue weighted by Crippen LogP contribution is -2.31. The standard InChI is InChI=1S/C15H18N4O2S/c1-11-4-2-5-12(8-11)14-16-17-15-19(14)9-18(10-22-15)7-3-6-13(20)21/h2,4-5,8H,3,6-7,9-10H2,1H3,(H,20,21). The van der Waals surface area contributed by atoms with Crippen LogP contribution in [0.2, 0.25) is 0 Å². The fourth-order valence-corrected chi connectivity index (χ4v) is 3.41. The molecule has 0 saturated heterocycles. The average molecular weight is 318 g/mol. The van der Waals surface area contributed by atoms with Crippen molar-refractivity contribution in [3.8, 4) is 11.4 Å². The van der Waals surface area contributed by atoms with Gasteiger partial charge in [-0.1, -0.05) is 35.5 Å². The molecule has 0 radical (unpaired) electrons. The molecule has 3 rings (SSSR count). The Morgan fingerprint density at radius 3 is 3.05 bits per heavy atom. The maximum Gasteiger partial charge on any atom is 0.303 e. The van der Waals surface area contributed by atoms with Crippen molar-refractivity contribution in [3.05, 3.63) is 29.8 Å². The van der Waals surface area contributed by atoms with Crippen molar-refractivity contribution >= 4 is 17.7 Å². The number of rotatable bonds is 5. The number of thioether (sulfide) groups is 1. The van der Waals surface area contributed by atoms with Crippen LogP contribution in [0.5, 0.6) is 0 Å². The zero-order chi connectivity index (χ0) is 15.5. The Kier molecular flexibility index (Phi) is 4.44. The molecule has 1 aromatic heterocycles. The molecule has 1 N–H and O–H groups in total. The summed E-state index contributed by atoms with van der Waals surface area (Å²) in [6.45, 7) is 3.53. The summed E-state index contributed by atoms with van der Waals surface area (Å²) >= 11 is 1.64. The summed E-state index contributed by atoms with van der Waals surface area (Å²) in [6.07, 6.45) is 0.869. The van der Waals surface area contributed by atoms with Crippen molar-refractivity contribution in [1.29, 1.82) is 0 Å². The number of fused-ring (bicyclic) bond motifs is 1. The third-order valence-electron chi connectivity index (χ3n) is 3.58. The van der Waals surface area contributed by atoms with Gasteiger partial charge in [0.2, 0.25) is 0 Å². The van der Waals surface area contributed by atoms with Crippen molar-refractivity contribution in [2.24, 2.45) is 0 Å². The van der Waals surface area contributed by atoms with Crippen LogP contribution < -0.4 is 0 Å². The molecule has 0 fully saturated rings. The van der Waals surface area contributed by atoms with Crippen molar-refractivity contribution < 1.29 is 9.90 Å². The Morgan fingerprint density at radius 2 is 2.27 bits per heavy atom. The predicted octanol–water partition coefficient (Wildman–Crippen LogP) is 2.44. The maximum absolute atomic E-state index is 10.6. The van der Waals surface area contributed by atoms with Gasteiger partial charge in [-0.3, -0.25) is 14.3 Å². The summed E-state index contributed by atoms with van der Waals surface area (Å²) in [5, 5.41) is 18.2. The maximum atomic E-state index is 10.6. The molecule has 2 aromatic rings. The molecular formula is C15H18N4O2S. The summed E-state index contributed by atoms with van der Waals surface area (Å²) in [4.78, 5) is 12.8. The Balaban J connectivity index is 1.75. The molecule has 0 atom stereocenters. The molecule has 1 aromatic carbocycles. The molecule has 7 heteroatoms. The summed E-state index contributed by atoms with van der Waals surface area (Å²) in [5.41, 5.74) is 2.25. The summed E-state index contributed by atoms with van der Waals surface area (Å²) in [7, 11) is 0. The molecule has 0 amide bonds. The Hall–Kier alpha value is -1.86. The minimum Gasteiger partial charge on any atom is -0.481 e. The lowest BCUT2D eigenvalue weighted by molar-refractivity contribution is -0.137. The number of carboxylic acid groups (broad SMARTS) is 1. The first-order valence-corrected chi connectivity index (χ1v) is 8.19. The topological polar surface area (TPSA) is 71.2 Å². The molecule has 116 valence electrons. The normalized spacial score (nSPS) is 14.8. The van der Waals surface area contributed by atoms with Crippen molar-refractivity contribution in [3.63, 3.8) is 0 Å². The average Bonchev–Trinajstić information content (AvgIpc) is 2.90. The number of aromatic nitrogens is 3. The summed E-state index contributed by atoms with van der Waals surface area (Å²) in [5.74, 6) is 0.954. The zero-order valence-electron chi connectivity index (χ0n) is 12.4. The summed E-state index contributed by atoms with van der Waals surface area (Å²) < 4.78 is 2.10. The van der Waals surface area contributed by atoms with Gasteiger partial charge in [-0.25, -0.2) is 0 Å². The number of hydrogen-bond donors (Lipinski definition) is 1. The number of carboxylic acids is 1. The van der Waals surface area contributed by atoms with E-state index >= 15 is 0 Å². The van der Waals surface area contributed by atoms with Gasteiger partial charge in [-0.05, 0) is 19.4 Å². The highest BCUT2D eigenvalue weighted by molar-refractivity contribution is 7.99. The highest BCUT2D eigenvalue weighted by Crippen LogP contribution is 2.29. The molecule has 0 aliphatic carbocycles. The minimum absolute atomic E-state index is 0.209. The van der Waals surface area contributed by atoms with Crippen molar-refractivity contribution in [2.45, 2.75) is 31.6 Å². The highest BCUT2D eigenvalue weighted by Gasteiger charge is 2.22. The van der Waals surface area contributed by atoms with Crippen LogP contribution in [0.15, 0.2) is 29.4 Å². The van der Waals surface area contributed by atoms with Crippen LogP contribution in [0.3, 0.4) is 0 Å². The van der Waals surface area contributed by atoms with Crippen molar-refractivity contribution in [1.82, 2.24) is 19.7 Å². The number of aliphatic carboxylic acids is 1. The molecule has 0 spiro atoms. The monoisotopic (exact) mass is 318 g/mol. The fourth-order valence-electron chi connectivity index (χ4n) is 2.50. The molecule has 22 heavy (non-hydrogen) atoms. The third-order valence-corrected chi connectivity index (χ3v) is 4.63. The second-order valence-corrected chi connectivity index (χ2v) is 6.32. The number of aryl methyl sites for hydroxylation is 1. The third kappa shape index (κ3) is 3.31. The molecule has 0 unspecified atom stereocenters. The van der Waals surface area contributed by atoms with Gasteiger partial charge in [0.25, 0.3) is 0 Å². The van der Waals surface area contributed by atoms with Crippen LogP contribution in [-0.4, -0.2) is 43.2 Å². The fraction of sp³-hybridized carbons (Fsp3) is 0.400. The van der Waals surface area contributed by atoms with E-state index in [1.165, 1.54) is 5.56 Å². The van der Waals surface area contributed by atoms with Gasteiger partial charge < -0.3 is 5.11 Å². The van der Waals surface area contributed by atoms with Gasteiger partial charge in [0.15, 0.2) is 11.0 Å². The second kappa shape index (κ2) is 6.50. The molecule has 1 aliphatic rings. The Morgan fingerprint density at radius 1 is 1.41 bits per heavy atom. The number of benzene rings is 1. The van der Waals surface area contributed by atoms with Crippen LogP contribution in [0.4, 0.5) is 0 Å². The lowest BCUT2D eigenvalue weighted by atomic mass is 10.1. The van der Waals surface area contributed by atoms with Gasteiger partial charge in [-0.15, -0.1) is 10.2 Å². The van der Waals surface area contributed by atoms with E-state index in [4.69, 9.17) is 5.11 Å². The summed E-state index contributed by atoms with van der Waals surface area (Å²) in [6, 6.07) is 8.22. The van der Waals surface area contributed by atoms with Gasteiger partial charge in [-0.2, -0.15) is 0 Å². The minimum atomic E-state index is -0.741. The van der Waals surface area contributed by atoms with E-state index in [9.17, 15) is 4.79 Å². The molecule has 0 bridgehead atoms. The van der Waals surface area contributed by atoms with Crippen LogP contribution in [0, 0.1) is 6.92 Å². The lowest BCUT2D eigenvalue weighted by Gasteiger charge is -2.27. The number of nitrogens with zero attached hydrogens (tertiary/aromatic N) is 4. The van der Waals surface area contributed by atoms with E-state index < -0.39 is 5.97 Å². The molecule has 2 heterocycles. The van der Waals surface area contributed by atoms with Crippen LogP contribution in [0.25, 0.3) is 11.4 Å². The van der Waals surface area contributed by atoms with Gasteiger partial charge in [0, 0.05) is 18.5 Å². The first kappa shape index (κ1) is 15.1. The Bertz CT molecular complexity index is 686. The zero-order valence-corrected chi connectivity index (χ0v) is 13.2. The van der Waals surface area contributed by atoms with E-state index in [-0.39, 0.29) is 6.42 Å². The molecule has 0 saturated carbocycles. The van der Waals surface area contributed by atoms with E-state index in [2.05, 4.69) is 38.7 Å². The number of carbonyl (C=O) groups is 1. The van der Waals surface area contributed by atoms with Crippen LogP contribution >= 0.6 is 11.8 Å². The first-order chi connectivity index (χ1) is 10.6. The Labute approximate surface area is 133 Å². The molecule has 1 aliphatic heterocycles. The quantitative estimate of drug-likeness (QED) is 0.913. The van der Waals surface area contributed by atoms with Crippen LogP contribution in [-0.2, 0) is 11.5 Å². The van der Waals surface area contributed by atoms with E-state index in [1.54, 1.807) is 11.8 Å². The molecule has 6 nitrogen and oxygen atoms in total. The van der Waals surface area contributed by atoms with Gasteiger partial charge in [0.05, 0.1) is 12.5 Å². The smallest absolute Gasteiger partial charge is 0.303 e. The van der Waals surface area contributed by atoms with E-state index in [0.29, 0.717) is 13.1 Å². The van der Waals surface area contributed by atoms with Crippen molar-refractivity contribution in [2.75, 3.05) is 12.4 Å². The molecular weight excluding hydrogens is 300 g/mol.